The summed E-state index contributed by atoms with van der Waals surface area (Å²) < 4.78 is 3.90. The number of nitrogen functional groups attached to an aromatic ring is 1. The number of nitrogens with one attached hydrogen (secondary N) is 2. The molecule has 9 heteroatoms. The van der Waals surface area contributed by atoms with E-state index in [1.54, 1.807) is 6.20 Å². The Morgan fingerprint density at radius 2 is 1.97 bits per heavy atom. The summed E-state index contributed by atoms with van der Waals surface area (Å²) in [6.45, 7) is 0.556. The first kappa shape index (κ1) is 20.2. The molecule has 2 aromatic carbocycles. The largest absolute Gasteiger partial charge is 0.399 e. The molecule has 1 aliphatic carbocycles. The number of benzene rings is 2. The smallest absolute Gasteiger partial charge is 0.251 e. The third kappa shape index (κ3) is 3.61. The first-order valence-corrected chi connectivity index (χ1v) is 11.3. The molecule has 0 spiro atoms. The number of carbonyl (C=O) groups is 1. The third-order valence-corrected chi connectivity index (χ3v) is 6.16. The van der Waals surface area contributed by atoms with E-state index in [1.165, 1.54) is 0 Å². The Balaban J connectivity index is 1.42. The van der Waals surface area contributed by atoms with Gasteiger partial charge in [-0.05, 0) is 49.2 Å². The number of aromatic nitrogens is 5. The SMILES string of the molecule is Cn1nccc1CNc1nc2cc(N)ccc2n2c(-c3ccc(C(=O)NC4CC4)cc3)cnc12. The number of nitrogens with zero attached hydrogens (tertiary/aromatic N) is 5. The summed E-state index contributed by atoms with van der Waals surface area (Å²) in [4.78, 5) is 21.9. The molecule has 0 bridgehead atoms. The van der Waals surface area contributed by atoms with Crippen LogP contribution in [0.3, 0.4) is 0 Å². The lowest BCUT2D eigenvalue weighted by atomic mass is 10.1. The van der Waals surface area contributed by atoms with E-state index in [0.717, 1.165) is 40.8 Å². The standard InChI is InChI=1S/C25H24N8O/c1-32-19(10-11-29-32)13-27-23-24-28-14-22(33(24)21-9-6-17(26)12-20(21)31-23)15-2-4-16(5-3-15)25(34)30-18-7-8-18/h2-6,9-12,14,18H,7-8,13,26H2,1H3,(H,27,31)(H,30,34). The van der Waals surface area contributed by atoms with E-state index in [9.17, 15) is 4.79 Å². The van der Waals surface area contributed by atoms with E-state index in [0.29, 0.717) is 35.3 Å². The van der Waals surface area contributed by atoms with E-state index in [2.05, 4.69) is 20.1 Å². The third-order valence-electron chi connectivity index (χ3n) is 6.16. The average Bonchev–Trinajstić information content (AvgIpc) is 3.38. The van der Waals surface area contributed by atoms with Crippen molar-refractivity contribution in [3.8, 4) is 11.3 Å². The van der Waals surface area contributed by atoms with Crippen molar-refractivity contribution in [1.29, 1.82) is 0 Å². The summed E-state index contributed by atoms with van der Waals surface area (Å²) >= 11 is 0. The van der Waals surface area contributed by atoms with Crippen LogP contribution in [0.4, 0.5) is 11.5 Å². The highest BCUT2D eigenvalue weighted by molar-refractivity contribution is 5.95. The minimum Gasteiger partial charge on any atom is -0.399 e. The Morgan fingerprint density at radius 1 is 1.15 bits per heavy atom. The maximum atomic E-state index is 12.4. The molecule has 3 aromatic heterocycles. The Labute approximate surface area is 195 Å². The van der Waals surface area contributed by atoms with E-state index in [-0.39, 0.29) is 5.91 Å². The van der Waals surface area contributed by atoms with E-state index < -0.39 is 0 Å². The van der Waals surface area contributed by atoms with Crippen molar-refractivity contribution in [1.82, 2.24) is 29.5 Å². The van der Waals surface area contributed by atoms with Gasteiger partial charge in [0, 0.05) is 36.1 Å². The number of aryl methyl sites for hydroxylation is 1. The van der Waals surface area contributed by atoms with Crippen LogP contribution in [-0.4, -0.2) is 36.1 Å². The van der Waals surface area contributed by atoms with E-state index >= 15 is 0 Å². The monoisotopic (exact) mass is 452 g/mol. The number of anilines is 2. The summed E-state index contributed by atoms with van der Waals surface area (Å²) in [5, 5.41) is 10.7. The molecular weight excluding hydrogens is 428 g/mol. The molecule has 1 amide bonds. The average molecular weight is 453 g/mol. The maximum absolute atomic E-state index is 12.4. The van der Waals surface area contributed by atoms with E-state index in [1.807, 2.05) is 66.5 Å². The van der Waals surface area contributed by atoms with Gasteiger partial charge in [-0.25, -0.2) is 9.97 Å². The highest BCUT2D eigenvalue weighted by Crippen LogP contribution is 2.30. The molecule has 0 saturated heterocycles. The minimum atomic E-state index is -0.0287. The zero-order valence-electron chi connectivity index (χ0n) is 18.7. The van der Waals surface area contributed by atoms with Crippen molar-refractivity contribution in [2.75, 3.05) is 11.1 Å². The first-order chi connectivity index (χ1) is 16.6. The molecule has 1 fully saturated rings. The predicted molar refractivity (Wildman–Crippen MR) is 131 cm³/mol. The van der Waals surface area contributed by atoms with Crippen LogP contribution in [0.25, 0.3) is 27.9 Å². The number of rotatable bonds is 6. The number of nitrogens with two attached hydrogens (primary N) is 1. The summed E-state index contributed by atoms with van der Waals surface area (Å²) in [5.41, 5.74) is 12.6. The lowest BCUT2D eigenvalue weighted by Crippen LogP contribution is -2.25. The minimum absolute atomic E-state index is 0.0287. The molecular formula is C25H24N8O. The lowest BCUT2D eigenvalue weighted by Gasteiger charge is -2.12. The fourth-order valence-corrected chi connectivity index (χ4v) is 4.11. The van der Waals surface area contributed by atoms with Gasteiger partial charge in [-0.1, -0.05) is 12.1 Å². The summed E-state index contributed by atoms with van der Waals surface area (Å²) in [6, 6.07) is 15.6. The Morgan fingerprint density at radius 3 is 2.71 bits per heavy atom. The van der Waals surface area contributed by atoms with Crippen LogP contribution in [0.15, 0.2) is 60.9 Å². The van der Waals surface area contributed by atoms with Crippen LogP contribution in [0.2, 0.25) is 0 Å². The summed E-state index contributed by atoms with van der Waals surface area (Å²) in [6.07, 6.45) is 5.73. The van der Waals surface area contributed by atoms with Gasteiger partial charge in [0.05, 0.1) is 35.2 Å². The predicted octanol–water partition coefficient (Wildman–Crippen LogP) is 3.37. The maximum Gasteiger partial charge on any atom is 0.251 e. The molecule has 1 saturated carbocycles. The Kier molecular flexibility index (Phi) is 4.68. The number of amides is 1. The highest BCUT2D eigenvalue weighted by Gasteiger charge is 2.24. The van der Waals surface area contributed by atoms with Gasteiger partial charge >= 0.3 is 0 Å². The molecule has 0 atom stereocenters. The summed E-state index contributed by atoms with van der Waals surface area (Å²) in [5.74, 6) is 0.630. The quantitative estimate of drug-likeness (QED) is 0.340. The summed E-state index contributed by atoms with van der Waals surface area (Å²) in [7, 11) is 1.91. The second kappa shape index (κ2) is 7.87. The number of fused-ring (bicyclic) bond motifs is 3. The second-order valence-corrected chi connectivity index (χ2v) is 8.64. The van der Waals surface area contributed by atoms with Gasteiger partial charge in [0.25, 0.3) is 5.91 Å². The number of imidazole rings is 1. The Hall–Kier alpha value is -4.40. The van der Waals surface area contributed by atoms with Crippen molar-refractivity contribution in [3.05, 3.63) is 72.2 Å². The molecule has 6 rings (SSSR count). The molecule has 170 valence electrons. The fourth-order valence-electron chi connectivity index (χ4n) is 4.11. The van der Waals surface area contributed by atoms with Crippen LogP contribution < -0.4 is 16.4 Å². The second-order valence-electron chi connectivity index (χ2n) is 8.64. The van der Waals surface area contributed by atoms with Crippen LogP contribution in [0, 0.1) is 0 Å². The van der Waals surface area contributed by atoms with Crippen LogP contribution in [-0.2, 0) is 13.6 Å². The van der Waals surface area contributed by atoms with Gasteiger partial charge in [0.2, 0.25) is 0 Å². The fraction of sp³-hybridized carbons (Fsp3) is 0.200. The first-order valence-electron chi connectivity index (χ1n) is 11.3. The van der Waals surface area contributed by atoms with Gasteiger partial charge < -0.3 is 16.4 Å². The van der Waals surface area contributed by atoms with E-state index in [4.69, 9.17) is 15.7 Å². The van der Waals surface area contributed by atoms with Crippen molar-refractivity contribution >= 4 is 34.1 Å². The normalized spacial score (nSPS) is 13.4. The number of hydrogen-bond donors (Lipinski definition) is 3. The zero-order valence-corrected chi connectivity index (χ0v) is 18.7. The van der Waals surface area contributed by atoms with Crippen molar-refractivity contribution in [2.45, 2.75) is 25.4 Å². The molecule has 3 heterocycles. The van der Waals surface area contributed by atoms with Crippen LogP contribution in [0.5, 0.6) is 0 Å². The molecule has 34 heavy (non-hydrogen) atoms. The van der Waals surface area contributed by atoms with Gasteiger partial charge in [-0.3, -0.25) is 13.9 Å². The van der Waals surface area contributed by atoms with Gasteiger partial charge in [0.15, 0.2) is 11.5 Å². The molecule has 0 unspecified atom stereocenters. The van der Waals surface area contributed by atoms with Crippen molar-refractivity contribution in [3.63, 3.8) is 0 Å². The Bertz CT molecular complexity index is 1530. The number of carbonyl (C=O) groups excluding carboxylic acids is 1. The molecule has 1 aliphatic rings. The van der Waals surface area contributed by atoms with Gasteiger partial charge in [-0.15, -0.1) is 0 Å². The molecule has 0 radical (unpaired) electrons. The number of hydrogen-bond acceptors (Lipinski definition) is 6. The van der Waals surface area contributed by atoms with Gasteiger partial charge in [0.1, 0.15) is 0 Å². The van der Waals surface area contributed by atoms with Crippen molar-refractivity contribution in [2.24, 2.45) is 7.05 Å². The van der Waals surface area contributed by atoms with Gasteiger partial charge in [-0.2, -0.15) is 5.10 Å². The van der Waals surface area contributed by atoms with Crippen LogP contribution in [0.1, 0.15) is 28.9 Å². The molecule has 9 nitrogen and oxygen atoms in total. The molecule has 4 N–H and O–H groups in total. The van der Waals surface area contributed by atoms with Crippen LogP contribution >= 0.6 is 0 Å². The topological polar surface area (TPSA) is 115 Å². The van der Waals surface area contributed by atoms with Crippen molar-refractivity contribution < 1.29 is 4.79 Å². The molecule has 0 aliphatic heterocycles. The molecule has 5 aromatic rings. The highest BCUT2D eigenvalue weighted by atomic mass is 16.1. The lowest BCUT2D eigenvalue weighted by molar-refractivity contribution is 0.0951. The zero-order chi connectivity index (χ0) is 23.2.